The van der Waals surface area contributed by atoms with Crippen LogP contribution in [0.15, 0.2) is 41.3 Å². The molecule has 0 unspecified atom stereocenters. The fourth-order valence-corrected chi connectivity index (χ4v) is 5.17. The van der Waals surface area contributed by atoms with Crippen LogP contribution < -0.4 is 19.7 Å². The molecule has 10 nitrogen and oxygen atoms in total. The Hall–Kier alpha value is -3.02. The first-order valence-corrected chi connectivity index (χ1v) is 10.7. The standard InChI is InChI=1S/C19H20N2O8S/c22-14-2-1-3-17(18(14)19(23)20-24)30(25,26)21-8-6-12(7-9-21)29-13-4-5-15-16(10-13)28-11-27-15/h1-5,10,12,22,24H,6-9,11H2,(H,20,23). The first kappa shape index (κ1) is 20.3. The van der Waals surface area contributed by atoms with E-state index in [2.05, 4.69) is 0 Å². The minimum absolute atomic E-state index is 0.167. The van der Waals surface area contributed by atoms with Crippen molar-refractivity contribution in [1.82, 2.24) is 9.79 Å². The molecule has 1 fully saturated rings. The average Bonchev–Trinajstić information content (AvgIpc) is 3.21. The number of carbonyl (C=O) groups is 1. The third-order valence-corrected chi connectivity index (χ3v) is 6.94. The fraction of sp³-hybridized carbons (Fsp3) is 0.316. The topological polar surface area (TPSA) is 135 Å². The molecule has 0 bridgehead atoms. The van der Waals surface area contributed by atoms with Crippen LogP contribution >= 0.6 is 0 Å². The number of hydroxylamine groups is 1. The van der Waals surface area contributed by atoms with E-state index >= 15 is 0 Å². The lowest BCUT2D eigenvalue weighted by Gasteiger charge is -2.31. The lowest BCUT2D eigenvalue weighted by Crippen LogP contribution is -2.42. The lowest BCUT2D eigenvalue weighted by atomic mass is 10.1. The van der Waals surface area contributed by atoms with Gasteiger partial charge in [-0.2, -0.15) is 4.31 Å². The number of hydrogen-bond donors (Lipinski definition) is 3. The molecule has 0 atom stereocenters. The van der Waals surface area contributed by atoms with Gasteiger partial charge in [0.05, 0.1) is 4.90 Å². The summed E-state index contributed by atoms with van der Waals surface area (Å²) in [5.74, 6) is 0.218. The first-order chi connectivity index (χ1) is 14.4. The molecule has 2 aliphatic heterocycles. The SMILES string of the molecule is O=C(NO)c1c(O)cccc1S(=O)(=O)N1CCC(Oc2ccc3c(c2)OCO3)CC1. The molecule has 30 heavy (non-hydrogen) atoms. The summed E-state index contributed by atoms with van der Waals surface area (Å²) in [7, 11) is -4.07. The van der Waals surface area contributed by atoms with Gasteiger partial charge in [-0.3, -0.25) is 10.0 Å². The Morgan fingerprint density at radius 2 is 1.87 bits per heavy atom. The number of carbonyl (C=O) groups excluding carboxylic acids is 1. The van der Waals surface area contributed by atoms with E-state index in [1.807, 2.05) is 0 Å². The molecule has 0 aliphatic carbocycles. The van der Waals surface area contributed by atoms with Crippen molar-refractivity contribution in [2.45, 2.75) is 23.8 Å². The highest BCUT2D eigenvalue weighted by Gasteiger charge is 2.34. The van der Waals surface area contributed by atoms with Crippen molar-refractivity contribution in [3.8, 4) is 23.0 Å². The number of nitrogens with zero attached hydrogens (tertiary/aromatic N) is 1. The van der Waals surface area contributed by atoms with E-state index in [0.717, 1.165) is 0 Å². The van der Waals surface area contributed by atoms with Crippen LogP contribution in [0.5, 0.6) is 23.0 Å². The Labute approximate surface area is 172 Å². The summed E-state index contributed by atoms with van der Waals surface area (Å²) >= 11 is 0. The van der Waals surface area contributed by atoms with E-state index in [0.29, 0.717) is 30.1 Å². The minimum atomic E-state index is -4.07. The van der Waals surface area contributed by atoms with Gasteiger partial charge in [0, 0.05) is 19.2 Å². The van der Waals surface area contributed by atoms with Gasteiger partial charge in [0.1, 0.15) is 23.2 Å². The van der Waals surface area contributed by atoms with Gasteiger partial charge in [-0.1, -0.05) is 6.07 Å². The second kappa shape index (κ2) is 8.01. The molecule has 2 aromatic carbocycles. The summed E-state index contributed by atoms with van der Waals surface area (Å²) in [5.41, 5.74) is 0.867. The largest absolute Gasteiger partial charge is 0.507 e. The third kappa shape index (κ3) is 3.74. The maximum Gasteiger partial charge on any atom is 0.279 e. The molecule has 1 amide bonds. The van der Waals surface area contributed by atoms with E-state index in [1.54, 1.807) is 18.2 Å². The molecular formula is C19H20N2O8S. The van der Waals surface area contributed by atoms with Crippen molar-refractivity contribution < 1.29 is 37.7 Å². The minimum Gasteiger partial charge on any atom is -0.507 e. The van der Waals surface area contributed by atoms with Gasteiger partial charge in [-0.15, -0.1) is 0 Å². The third-order valence-electron chi connectivity index (χ3n) is 5.00. The second-order valence-corrected chi connectivity index (χ2v) is 8.73. The zero-order chi connectivity index (χ0) is 21.3. The molecule has 0 saturated carbocycles. The van der Waals surface area contributed by atoms with Crippen LogP contribution in [0.3, 0.4) is 0 Å². The van der Waals surface area contributed by atoms with Gasteiger partial charge in [0.25, 0.3) is 5.91 Å². The Kier molecular flexibility index (Phi) is 5.41. The van der Waals surface area contributed by atoms with Gasteiger partial charge in [0.15, 0.2) is 11.5 Å². The summed E-state index contributed by atoms with van der Waals surface area (Å²) in [6, 6.07) is 8.98. The normalized spacial score (nSPS) is 17.0. The summed E-state index contributed by atoms with van der Waals surface area (Å²) in [4.78, 5) is 11.5. The maximum atomic E-state index is 13.1. The Balaban J connectivity index is 1.46. The summed E-state index contributed by atoms with van der Waals surface area (Å²) < 4.78 is 43.9. The van der Waals surface area contributed by atoms with Crippen LogP contribution in [-0.2, 0) is 10.0 Å². The van der Waals surface area contributed by atoms with Crippen molar-refractivity contribution in [1.29, 1.82) is 0 Å². The van der Waals surface area contributed by atoms with E-state index in [1.165, 1.54) is 28.0 Å². The number of fused-ring (bicyclic) bond motifs is 1. The van der Waals surface area contributed by atoms with Gasteiger partial charge < -0.3 is 19.3 Å². The van der Waals surface area contributed by atoms with Crippen LogP contribution in [0, 0.1) is 0 Å². The highest BCUT2D eigenvalue weighted by molar-refractivity contribution is 7.89. The Morgan fingerprint density at radius 3 is 2.60 bits per heavy atom. The zero-order valence-corrected chi connectivity index (χ0v) is 16.6. The first-order valence-electron chi connectivity index (χ1n) is 9.23. The molecule has 1 saturated heterocycles. The Bertz CT molecular complexity index is 1060. The van der Waals surface area contributed by atoms with Crippen LogP contribution in [-0.4, -0.2) is 54.9 Å². The van der Waals surface area contributed by atoms with E-state index in [4.69, 9.17) is 19.4 Å². The predicted octanol–water partition coefficient (Wildman–Crippen LogP) is 1.47. The van der Waals surface area contributed by atoms with Crippen LogP contribution in [0.25, 0.3) is 0 Å². The summed E-state index contributed by atoms with van der Waals surface area (Å²) in [6.45, 7) is 0.515. The average molecular weight is 436 g/mol. The molecular weight excluding hydrogens is 416 g/mol. The van der Waals surface area contributed by atoms with Crippen LogP contribution in [0.4, 0.5) is 0 Å². The number of amides is 1. The lowest BCUT2D eigenvalue weighted by molar-refractivity contribution is 0.0699. The summed E-state index contributed by atoms with van der Waals surface area (Å²) in [5, 5.41) is 18.8. The molecule has 4 rings (SSSR count). The number of phenolic OH excluding ortho intramolecular Hbond substituents is 1. The highest BCUT2D eigenvalue weighted by Crippen LogP contribution is 2.36. The maximum absolute atomic E-state index is 13.1. The number of sulfonamides is 1. The number of phenols is 1. The fourth-order valence-electron chi connectivity index (χ4n) is 3.49. The van der Waals surface area contributed by atoms with Gasteiger partial charge >= 0.3 is 0 Å². The van der Waals surface area contributed by atoms with Crippen molar-refractivity contribution in [3.63, 3.8) is 0 Å². The molecule has 3 N–H and O–H groups in total. The van der Waals surface area contributed by atoms with Gasteiger partial charge in [-0.25, -0.2) is 13.9 Å². The van der Waals surface area contributed by atoms with Gasteiger partial charge in [0.2, 0.25) is 16.8 Å². The molecule has 0 radical (unpaired) electrons. The predicted molar refractivity (Wildman–Crippen MR) is 102 cm³/mol. The van der Waals surface area contributed by atoms with Crippen molar-refractivity contribution in [2.24, 2.45) is 0 Å². The number of aromatic hydroxyl groups is 1. The number of hydrogen-bond acceptors (Lipinski definition) is 8. The van der Waals surface area contributed by atoms with E-state index in [9.17, 15) is 18.3 Å². The number of ether oxygens (including phenoxy) is 3. The number of rotatable bonds is 5. The number of piperidine rings is 1. The van der Waals surface area contributed by atoms with Gasteiger partial charge in [-0.05, 0) is 37.1 Å². The molecule has 0 spiro atoms. The molecule has 11 heteroatoms. The molecule has 0 aromatic heterocycles. The van der Waals surface area contributed by atoms with E-state index < -0.39 is 27.2 Å². The molecule has 2 aromatic rings. The summed E-state index contributed by atoms with van der Waals surface area (Å²) in [6.07, 6.45) is 0.684. The van der Waals surface area contributed by atoms with Crippen molar-refractivity contribution in [2.75, 3.05) is 19.9 Å². The monoisotopic (exact) mass is 436 g/mol. The quantitative estimate of drug-likeness (QED) is 0.474. The van der Waals surface area contributed by atoms with Crippen LogP contribution in [0.1, 0.15) is 23.2 Å². The van der Waals surface area contributed by atoms with Crippen molar-refractivity contribution in [3.05, 3.63) is 42.0 Å². The number of benzene rings is 2. The Morgan fingerprint density at radius 1 is 1.13 bits per heavy atom. The van der Waals surface area contributed by atoms with Crippen molar-refractivity contribution >= 4 is 15.9 Å². The molecule has 2 heterocycles. The molecule has 2 aliphatic rings. The smallest absolute Gasteiger partial charge is 0.279 e. The molecule has 160 valence electrons. The zero-order valence-electron chi connectivity index (χ0n) is 15.8. The second-order valence-electron chi connectivity index (χ2n) is 6.83. The highest BCUT2D eigenvalue weighted by atomic mass is 32.2. The van der Waals surface area contributed by atoms with Crippen LogP contribution in [0.2, 0.25) is 0 Å². The van der Waals surface area contributed by atoms with E-state index in [-0.39, 0.29) is 30.9 Å². The number of nitrogens with one attached hydrogen (secondary N) is 1.